The second-order valence-corrected chi connectivity index (χ2v) is 8.59. The number of rotatable bonds is 8. The number of hydrogen-bond acceptors (Lipinski definition) is 5. The number of benzene rings is 3. The van der Waals surface area contributed by atoms with Crippen LogP contribution >= 0.6 is 0 Å². The van der Waals surface area contributed by atoms with Crippen LogP contribution in [-0.4, -0.2) is 60.5 Å². The quantitative estimate of drug-likeness (QED) is 0.386. The zero-order valence-corrected chi connectivity index (χ0v) is 20.0. The number of anilines is 1. The van der Waals surface area contributed by atoms with Crippen LogP contribution in [0.15, 0.2) is 78.9 Å². The van der Waals surface area contributed by atoms with Crippen molar-refractivity contribution in [1.82, 2.24) is 14.7 Å². The van der Waals surface area contributed by atoms with Crippen LogP contribution in [0.1, 0.15) is 16.1 Å². The third-order valence-electron chi connectivity index (χ3n) is 6.38. The van der Waals surface area contributed by atoms with Crippen LogP contribution in [0.4, 0.5) is 5.69 Å². The number of hydrogen-bond donors (Lipinski definition) is 0. The monoisotopic (exact) mass is 470 g/mol. The summed E-state index contributed by atoms with van der Waals surface area (Å²) in [6, 6.07) is 25.6. The highest BCUT2D eigenvalue weighted by molar-refractivity contribution is 6.13. The molecule has 0 atom stereocenters. The van der Waals surface area contributed by atoms with Crippen LogP contribution in [0, 0.1) is 0 Å². The maximum Gasteiger partial charge on any atom is 0.279 e. The van der Waals surface area contributed by atoms with Gasteiger partial charge in [-0.25, -0.2) is 0 Å². The first-order valence-electron chi connectivity index (χ1n) is 12.0. The van der Waals surface area contributed by atoms with E-state index >= 15 is 0 Å². The van der Waals surface area contributed by atoms with E-state index in [9.17, 15) is 4.79 Å². The SMILES string of the molecule is COc1cccc2c(C(=O)N(Cc3ccccc3)c3ccccc3)nn(CCN3CCOCC3)c12. The Morgan fingerprint density at radius 3 is 2.37 bits per heavy atom. The molecule has 35 heavy (non-hydrogen) atoms. The van der Waals surface area contributed by atoms with Gasteiger partial charge in [-0.3, -0.25) is 14.4 Å². The van der Waals surface area contributed by atoms with Crippen molar-refractivity contribution >= 4 is 22.5 Å². The molecule has 1 fully saturated rings. The Morgan fingerprint density at radius 2 is 1.66 bits per heavy atom. The van der Waals surface area contributed by atoms with Crippen LogP contribution < -0.4 is 9.64 Å². The van der Waals surface area contributed by atoms with E-state index in [-0.39, 0.29) is 5.91 Å². The number of para-hydroxylation sites is 2. The number of carbonyl (C=O) groups is 1. The fourth-order valence-corrected chi connectivity index (χ4v) is 4.53. The number of ether oxygens (including phenoxy) is 2. The summed E-state index contributed by atoms with van der Waals surface area (Å²) in [5, 5.41) is 5.65. The zero-order valence-electron chi connectivity index (χ0n) is 20.0. The van der Waals surface area contributed by atoms with Crippen molar-refractivity contribution in [2.45, 2.75) is 13.1 Å². The van der Waals surface area contributed by atoms with Crippen molar-refractivity contribution in [2.75, 3.05) is 44.9 Å². The van der Waals surface area contributed by atoms with Crippen molar-refractivity contribution < 1.29 is 14.3 Å². The average Bonchev–Trinajstić information content (AvgIpc) is 3.31. The van der Waals surface area contributed by atoms with E-state index < -0.39 is 0 Å². The number of aromatic nitrogens is 2. The molecule has 0 aliphatic carbocycles. The van der Waals surface area contributed by atoms with Crippen LogP contribution in [0.2, 0.25) is 0 Å². The van der Waals surface area contributed by atoms with E-state index in [1.165, 1.54) is 0 Å². The minimum absolute atomic E-state index is 0.136. The van der Waals surface area contributed by atoms with Gasteiger partial charge in [0.1, 0.15) is 11.3 Å². The molecule has 3 aromatic carbocycles. The largest absolute Gasteiger partial charge is 0.494 e. The van der Waals surface area contributed by atoms with Gasteiger partial charge in [-0.15, -0.1) is 0 Å². The summed E-state index contributed by atoms with van der Waals surface area (Å²) in [7, 11) is 1.65. The predicted octanol–water partition coefficient (Wildman–Crippen LogP) is 4.22. The maximum absolute atomic E-state index is 14.1. The number of amides is 1. The van der Waals surface area contributed by atoms with Crippen molar-refractivity contribution in [3.8, 4) is 5.75 Å². The standard InChI is InChI=1S/C28H30N4O3/c1-34-25-14-8-13-24-26(29-32(27(24)25)16-15-30-17-19-35-20-18-30)28(33)31(23-11-6-3-7-12-23)21-22-9-4-2-5-10-22/h2-14H,15-21H2,1H3. The Bertz CT molecular complexity index is 1270. The predicted molar refractivity (Wildman–Crippen MR) is 137 cm³/mol. The minimum Gasteiger partial charge on any atom is -0.494 e. The molecule has 1 saturated heterocycles. The molecule has 7 heteroatoms. The van der Waals surface area contributed by atoms with E-state index in [0.717, 1.165) is 55.0 Å². The van der Waals surface area contributed by atoms with Gasteiger partial charge in [-0.1, -0.05) is 60.7 Å². The highest BCUT2D eigenvalue weighted by atomic mass is 16.5. The molecule has 0 radical (unpaired) electrons. The number of nitrogens with zero attached hydrogens (tertiary/aromatic N) is 4. The lowest BCUT2D eigenvalue weighted by atomic mass is 10.1. The summed E-state index contributed by atoms with van der Waals surface area (Å²) in [4.78, 5) is 18.2. The first kappa shape index (κ1) is 23.1. The Morgan fingerprint density at radius 1 is 0.943 bits per heavy atom. The fraction of sp³-hybridized carbons (Fsp3) is 0.286. The minimum atomic E-state index is -0.136. The number of fused-ring (bicyclic) bond motifs is 1. The van der Waals surface area contributed by atoms with E-state index in [1.807, 2.05) is 83.5 Å². The van der Waals surface area contributed by atoms with Gasteiger partial charge in [0, 0.05) is 30.7 Å². The molecule has 1 amide bonds. The smallest absolute Gasteiger partial charge is 0.279 e. The zero-order chi connectivity index (χ0) is 24.0. The lowest BCUT2D eigenvalue weighted by Crippen LogP contribution is -2.38. The van der Waals surface area contributed by atoms with Gasteiger partial charge in [0.05, 0.1) is 33.4 Å². The summed E-state index contributed by atoms with van der Waals surface area (Å²) >= 11 is 0. The van der Waals surface area contributed by atoms with Gasteiger partial charge in [0.25, 0.3) is 5.91 Å². The van der Waals surface area contributed by atoms with Crippen molar-refractivity contribution in [3.63, 3.8) is 0 Å². The third-order valence-corrected chi connectivity index (χ3v) is 6.38. The Kier molecular flexibility index (Phi) is 7.07. The molecule has 1 aliphatic rings. The van der Waals surface area contributed by atoms with E-state index in [0.29, 0.717) is 24.5 Å². The van der Waals surface area contributed by atoms with E-state index in [1.54, 1.807) is 12.0 Å². The topological polar surface area (TPSA) is 59.8 Å². The lowest BCUT2D eigenvalue weighted by Gasteiger charge is -2.26. The Hall–Kier alpha value is -3.68. The molecule has 1 aliphatic heterocycles. The van der Waals surface area contributed by atoms with Gasteiger partial charge in [-0.2, -0.15) is 5.10 Å². The Labute approximate surface area is 205 Å². The van der Waals surface area contributed by atoms with Crippen LogP contribution in [-0.2, 0) is 17.8 Å². The van der Waals surface area contributed by atoms with Crippen LogP contribution in [0.3, 0.4) is 0 Å². The molecule has 2 heterocycles. The molecule has 0 unspecified atom stereocenters. The van der Waals surface area contributed by atoms with Gasteiger partial charge >= 0.3 is 0 Å². The molecule has 180 valence electrons. The Balaban J connectivity index is 1.53. The van der Waals surface area contributed by atoms with Gasteiger partial charge in [0.2, 0.25) is 0 Å². The first-order chi connectivity index (χ1) is 17.2. The highest BCUT2D eigenvalue weighted by Crippen LogP contribution is 2.30. The van der Waals surface area contributed by atoms with Crippen molar-refractivity contribution in [2.24, 2.45) is 0 Å². The normalized spacial score (nSPS) is 14.2. The van der Waals surface area contributed by atoms with Gasteiger partial charge in [0.15, 0.2) is 5.69 Å². The molecule has 1 aromatic heterocycles. The number of carbonyl (C=O) groups excluding carboxylic acids is 1. The molecule has 7 nitrogen and oxygen atoms in total. The van der Waals surface area contributed by atoms with Crippen molar-refractivity contribution in [3.05, 3.63) is 90.1 Å². The number of morpholine rings is 1. The van der Waals surface area contributed by atoms with E-state index in [2.05, 4.69) is 4.90 Å². The second-order valence-electron chi connectivity index (χ2n) is 8.59. The van der Waals surface area contributed by atoms with Crippen LogP contribution in [0.5, 0.6) is 5.75 Å². The summed E-state index contributed by atoms with van der Waals surface area (Å²) < 4.78 is 13.1. The highest BCUT2D eigenvalue weighted by Gasteiger charge is 2.26. The van der Waals surface area contributed by atoms with E-state index in [4.69, 9.17) is 14.6 Å². The molecular formula is C28H30N4O3. The van der Waals surface area contributed by atoms with Crippen LogP contribution in [0.25, 0.3) is 10.9 Å². The fourth-order valence-electron chi connectivity index (χ4n) is 4.53. The molecule has 4 aromatic rings. The summed E-state index contributed by atoms with van der Waals surface area (Å²) in [5.41, 5.74) is 3.17. The molecular weight excluding hydrogens is 440 g/mol. The molecule has 0 spiro atoms. The summed E-state index contributed by atoms with van der Waals surface area (Å²) in [6.07, 6.45) is 0. The first-order valence-corrected chi connectivity index (χ1v) is 12.0. The second kappa shape index (κ2) is 10.7. The van der Waals surface area contributed by atoms with Gasteiger partial charge < -0.3 is 14.4 Å². The average molecular weight is 471 g/mol. The molecule has 0 N–H and O–H groups in total. The molecule has 5 rings (SSSR count). The third kappa shape index (κ3) is 5.06. The number of methoxy groups -OCH3 is 1. The molecule has 0 bridgehead atoms. The molecule has 0 saturated carbocycles. The summed E-state index contributed by atoms with van der Waals surface area (Å²) in [6.45, 7) is 5.25. The summed E-state index contributed by atoms with van der Waals surface area (Å²) in [5.74, 6) is 0.578. The van der Waals surface area contributed by atoms with Crippen molar-refractivity contribution in [1.29, 1.82) is 0 Å². The maximum atomic E-state index is 14.1. The lowest BCUT2D eigenvalue weighted by molar-refractivity contribution is 0.0361. The van der Waals surface area contributed by atoms with Gasteiger partial charge in [-0.05, 0) is 23.8 Å².